The molecular weight excluding hydrogens is 428 g/mol. The number of H-pyrrole nitrogens is 1. The Kier molecular flexibility index (Phi) is 4.39. The van der Waals surface area contributed by atoms with Crippen LogP contribution in [-0.4, -0.2) is 26.7 Å². The van der Waals surface area contributed by atoms with E-state index in [9.17, 15) is 4.79 Å². The van der Waals surface area contributed by atoms with Crippen LogP contribution in [0.2, 0.25) is 0 Å². The number of nitrogens with two attached hydrogens (primary N) is 1. The highest BCUT2D eigenvalue weighted by atomic mass is 79.9. The molecule has 0 radical (unpaired) electrons. The van der Waals surface area contributed by atoms with Crippen LogP contribution in [0.4, 0.5) is 16.2 Å². The van der Waals surface area contributed by atoms with E-state index in [2.05, 4.69) is 52.5 Å². The Bertz CT molecular complexity index is 852. The fourth-order valence-corrected chi connectivity index (χ4v) is 2.91. The van der Waals surface area contributed by atoms with Crippen molar-refractivity contribution < 1.29 is 4.79 Å². The number of nitrogens with one attached hydrogen (secondary N) is 1. The number of hydrogen-bond acceptors (Lipinski definition) is 4. The molecule has 0 aliphatic rings. The number of carbonyl (C=O) groups excluding carboxylic acids is 1. The van der Waals surface area contributed by atoms with Gasteiger partial charge in [-0.3, -0.25) is 4.90 Å². The molecule has 1 heterocycles. The molecule has 2 amide bonds. The number of aromatic amines is 1. The topological polar surface area (TPSA) is 101 Å². The molecule has 3 aromatic rings. The van der Waals surface area contributed by atoms with Crippen LogP contribution in [0.25, 0.3) is 11.4 Å². The SMILES string of the molecule is NC(=O)N(c1cccc(Br)c1)c1ccc(Br)cc1-c1nnn[nH]1. The minimum absolute atomic E-state index is 0.433. The molecule has 0 saturated carbocycles. The Morgan fingerprint density at radius 3 is 2.57 bits per heavy atom. The second-order valence-electron chi connectivity index (χ2n) is 4.56. The van der Waals surface area contributed by atoms with Gasteiger partial charge in [0, 0.05) is 14.5 Å². The number of hydrogen-bond donors (Lipinski definition) is 2. The Labute approximate surface area is 148 Å². The second kappa shape index (κ2) is 6.47. The lowest BCUT2D eigenvalue weighted by atomic mass is 10.1. The lowest BCUT2D eigenvalue weighted by Crippen LogP contribution is -2.31. The summed E-state index contributed by atoms with van der Waals surface area (Å²) in [4.78, 5) is 13.5. The van der Waals surface area contributed by atoms with Crippen LogP contribution in [0.5, 0.6) is 0 Å². The number of aromatic nitrogens is 4. The third-order valence-electron chi connectivity index (χ3n) is 3.09. The van der Waals surface area contributed by atoms with Crippen molar-refractivity contribution in [3.63, 3.8) is 0 Å². The van der Waals surface area contributed by atoms with Crippen LogP contribution in [0, 0.1) is 0 Å². The van der Waals surface area contributed by atoms with Crippen molar-refractivity contribution in [2.24, 2.45) is 5.73 Å². The molecule has 0 atom stereocenters. The first-order valence-corrected chi connectivity index (χ1v) is 8.03. The monoisotopic (exact) mass is 436 g/mol. The third-order valence-corrected chi connectivity index (χ3v) is 4.07. The lowest BCUT2D eigenvalue weighted by Gasteiger charge is -2.23. The van der Waals surface area contributed by atoms with E-state index in [-0.39, 0.29) is 0 Å². The molecule has 0 bridgehead atoms. The van der Waals surface area contributed by atoms with Crippen molar-refractivity contribution >= 4 is 49.3 Å². The van der Waals surface area contributed by atoms with Gasteiger partial charge in [-0.25, -0.2) is 9.89 Å². The van der Waals surface area contributed by atoms with Crippen molar-refractivity contribution in [3.8, 4) is 11.4 Å². The first kappa shape index (κ1) is 15.6. The van der Waals surface area contributed by atoms with Gasteiger partial charge >= 0.3 is 6.03 Å². The largest absolute Gasteiger partial charge is 0.351 e. The van der Waals surface area contributed by atoms with E-state index in [1.54, 1.807) is 18.2 Å². The number of primary amides is 1. The summed E-state index contributed by atoms with van der Waals surface area (Å²) in [6.45, 7) is 0. The van der Waals surface area contributed by atoms with Crippen LogP contribution in [0.1, 0.15) is 0 Å². The number of nitrogens with zero attached hydrogens (tertiary/aromatic N) is 4. The number of halogens is 2. The zero-order valence-corrected chi connectivity index (χ0v) is 14.7. The maximum atomic E-state index is 12.1. The highest BCUT2D eigenvalue weighted by Gasteiger charge is 2.21. The molecule has 2 aromatic carbocycles. The van der Waals surface area contributed by atoms with Gasteiger partial charge in [-0.1, -0.05) is 37.9 Å². The van der Waals surface area contributed by atoms with Crippen LogP contribution < -0.4 is 10.6 Å². The van der Waals surface area contributed by atoms with Gasteiger partial charge in [0.1, 0.15) is 0 Å². The Morgan fingerprint density at radius 1 is 1.13 bits per heavy atom. The van der Waals surface area contributed by atoms with Crippen molar-refractivity contribution in [3.05, 3.63) is 51.4 Å². The van der Waals surface area contributed by atoms with Gasteiger partial charge in [0.2, 0.25) is 0 Å². The molecule has 116 valence electrons. The van der Waals surface area contributed by atoms with E-state index < -0.39 is 6.03 Å². The summed E-state index contributed by atoms with van der Waals surface area (Å²) in [5.74, 6) is 0.433. The van der Waals surface area contributed by atoms with Gasteiger partial charge in [0.05, 0.1) is 11.4 Å². The van der Waals surface area contributed by atoms with Gasteiger partial charge < -0.3 is 5.73 Å². The number of rotatable bonds is 3. The van der Waals surface area contributed by atoms with E-state index in [1.807, 2.05) is 24.3 Å². The lowest BCUT2D eigenvalue weighted by molar-refractivity contribution is 0.256. The number of urea groups is 1. The number of anilines is 2. The summed E-state index contributed by atoms with van der Waals surface area (Å²) >= 11 is 6.81. The number of benzene rings is 2. The third kappa shape index (κ3) is 3.25. The molecule has 0 aliphatic carbocycles. The van der Waals surface area contributed by atoms with Gasteiger partial charge in [-0.2, -0.15) is 0 Å². The summed E-state index contributed by atoms with van der Waals surface area (Å²) in [6.07, 6.45) is 0. The second-order valence-corrected chi connectivity index (χ2v) is 6.40. The normalized spacial score (nSPS) is 10.5. The summed E-state index contributed by atoms with van der Waals surface area (Å²) in [6, 6.07) is 12.1. The summed E-state index contributed by atoms with van der Waals surface area (Å²) < 4.78 is 1.66. The predicted octanol–water partition coefficient (Wildman–Crippen LogP) is 3.61. The fraction of sp³-hybridized carbons (Fsp3) is 0. The van der Waals surface area contributed by atoms with E-state index in [0.717, 1.165) is 8.95 Å². The van der Waals surface area contributed by atoms with Gasteiger partial charge in [0.15, 0.2) is 5.82 Å². The van der Waals surface area contributed by atoms with Crippen molar-refractivity contribution in [1.29, 1.82) is 0 Å². The van der Waals surface area contributed by atoms with Crippen LogP contribution in [-0.2, 0) is 0 Å². The zero-order valence-electron chi connectivity index (χ0n) is 11.6. The van der Waals surface area contributed by atoms with E-state index in [1.165, 1.54) is 4.90 Å². The van der Waals surface area contributed by atoms with E-state index in [4.69, 9.17) is 5.73 Å². The minimum atomic E-state index is -0.612. The minimum Gasteiger partial charge on any atom is -0.351 e. The van der Waals surface area contributed by atoms with E-state index in [0.29, 0.717) is 22.8 Å². The zero-order chi connectivity index (χ0) is 16.4. The average Bonchev–Trinajstić information content (AvgIpc) is 3.03. The first-order chi connectivity index (χ1) is 11.1. The maximum absolute atomic E-state index is 12.1. The van der Waals surface area contributed by atoms with Crippen molar-refractivity contribution in [2.75, 3.05) is 4.90 Å². The van der Waals surface area contributed by atoms with Crippen molar-refractivity contribution in [1.82, 2.24) is 20.6 Å². The quantitative estimate of drug-likeness (QED) is 0.653. The molecule has 0 unspecified atom stereocenters. The molecule has 7 nitrogen and oxygen atoms in total. The molecule has 3 rings (SSSR count). The van der Waals surface area contributed by atoms with Crippen LogP contribution >= 0.6 is 31.9 Å². The van der Waals surface area contributed by atoms with Crippen molar-refractivity contribution in [2.45, 2.75) is 0 Å². The highest BCUT2D eigenvalue weighted by molar-refractivity contribution is 9.10. The Morgan fingerprint density at radius 2 is 1.91 bits per heavy atom. The molecule has 0 aliphatic heterocycles. The van der Waals surface area contributed by atoms with Gasteiger partial charge in [-0.05, 0) is 46.8 Å². The van der Waals surface area contributed by atoms with Gasteiger partial charge in [0.25, 0.3) is 0 Å². The maximum Gasteiger partial charge on any atom is 0.323 e. The van der Waals surface area contributed by atoms with E-state index >= 15 is 0 Å². The van der Waals surface area contributed by atoms with Gasteiger partial charge in [-0.15, -0.1) is 5.10 Å². The fourth-order valence-electron chi connectivity index (χ4n) is 2.17. The molecule has 0 fully saturated rings. The molecule has 1 aromatic heterocycles. The predicted molar refractivity (Wildman–Crippen MR) is 93.2 cm³/mol. The molecule has 0 spiro atoms. The number of carbonyl (C=O) groups is 1. The summed E-state index contributed by atoms with van der Waals surface area (Å²) in [5.41, 5.74) is 7.45. The highest BCUT2D eigenvalue weighted by Crippen LogP contribution is 2.36. The Hall–Kier alpha value is -2.26. The number of amides is 2. The average molecular weight is 438 g/mol. The molecule has 9 heteroatoms. The summed E-state index contributed by atoms with van der Waals surface area (Å²) in [7, 11) is 0. The molecular formula is C14H10Br2N6O. The standard InChI is InChI=1S/C14H10Br2N6O/c15-8-2-1-3-10(6-8)22(14(17)23)12-5-4-9(16)7-11(12)13-18-20-21-19-13/h1-7H,(H2,17,23)(H,18,19,20,21). The smallest absolute Gasteiger partial charge is 0.323 e. The Balaban J connectivity index is 2.20. The summed E-state index contributed by atoms with van der Waals surface area (Å²) in [5, 5.41) is 13.8. The molecule has 0 saturated heterocycles. The molecule has 3 N–H and O–H groups in total. The van der Waals surface area contributed by atoms with Crippen LogP contribution in [0.3, 0.4) is 0 Å². The van der Waals surface area contributed by atoms with Crippen LogP contribution in [0.15, 0.2) is 51.4 Å². The number of tetrazole rings is 1. The first-order valence-electron chi connectivity index (χ1n) is 6.45. The molecule has 23 heavy (non-hydrogen) atoms.